The summed E-state index contributed by atoms with van der Waals surface area (Å²) in [4.78, 5) is 24.9. The Hall–Kier alpha value is -4.19. The molecule has 0 spiro atoms. The first-order chi connectivity index (χ1) is 16.0. The van der Waals surface area contributed by atoms with Crippen LogP contribution in [-0.2, 0) is 9.59 Å². The Kier molecular flexibility index (Phi) is 6.64. The molecule has 1 heterocycles. The van der Waals surface area contributed by atoms with Gasteiger partial charge in [-0.1, -0.05) is 60.7 Å². The van der Waals surface area contributed by atoms with Gasteiger partial charge in [-0.05, 0) is 29.3 Å². The first-order valence-corrected chi connectivity index (χ1v) is 10.6. The lowest BCUT2D eigenvalue weighted by atomic mass is 9.98. The molecule has 3 aromatic carbocycles. The zero-order valence-electron chi connectivity index (χ0n) is 18.5. The summed E-state index contributed by atoms with van der Waals surface area (Å²) in [6, 6.07) is 24.3. The quantitative estimate of drug-likeness (QED) is 0.307. The van der Waals surface area contributed by atoms with Crippen molar-refractivity contribution in [2.24, 2.45) is 5.10 Å². The van der Waals surface area contributed by atoms with Gasteiger partial charge >= 0.3 is 5.97 Å². The smallest absolute Gasteiger partial charge is 0.308 e. The molecule has 0 N–H and O–H groups in total. The van der Waals surface area contributed by atoms with E-state index in [2.05, 4.69) is 5.10 Å². The summed E-state index contributed by atoms with van der Waals surface area (Å²) in [5.74, 6) is 0.236. The van der Waals surface area contributed by atoms with Gasteiger partial charge in [-0.25, -0.2) is 5.01 Å². The van der Waals surface area contributed by atoms with E-state index < -0.39 is 5.97 Å². The number of hydrogen-bond donors (Lipinski definition) is 0. The molecule has 0 fully saturated rings. The van der Waals surface area contributed by atoms with Crippen molar-refractivity contribution in [3.8, 4) is 11.5 Å². The molecule has 3 aromatic rings. The molecule has 0 aromatic heterocycles. The number of carbonyl (C=O) groups excluding carboxylic acids is 2. The molecule has 1 aliphatic rings. The Bertz CT molecular complexity index is 1200. The predicted molar refractivity (Wildman–Crippen MR) is 127 cm³/mol. The van der Waals surface area contributed by atoms with Gasteiger partial charge in [0.1, 0.15) is 11.5 Å². The van der Waals surface area contributed by atoms with Crippen LogP contribution in [-0.4, -0.2) is 29.7 Å². The number of benzene rings is 3. The molecule has 1 amide bonds. The lowest BCUT2D eigenvalue weighted by Gasteiger charge is -2.20. The molecule has 0 unspecified atom stereocenters. The maximum absolute atomic E-state index is 13.2. The van der Waals surface area contributed by atoms with E-state index >= 15 is 0 Å². The van der Waals surface area contributed by atoms with E-state index in [0.29, 0.717) is 29.2 Å². The van der Waals surface area contributed by atoms with E-state index in [0.717, 1.165) is 11.1 Å². The van der Waals surface area contributed by atoms with E-state index in [-0.39, 0.29) is 11.9 Å². The molecule has 1 atom stereocenters. The highest BCUT2D eigenvalue weighted by Gasteiger charge is 2.33. The fourth-order valence-corrected chi connectivity index (χ4v) is 3.73. The van der Waals surface area contributed by atoms with Gasteiger partial charge in [0.15, 0.2) is 0 Å². The number of amides is 1. The van der Waals surface area contributed by atoms with Gasteiger partial charge in [-0.2, -0.15) is 5.10 Å². The molecule has 0 saturated heterocycles. The van der Waals surface area contributed by atoms with Crippen molar-refractivity contribution in [2.45, 2.75) is 19.4 Å². The fraction of sp³-hybridized carbons (Fsp3) is 0.148. The maximum atomic E-state index is 13.2. The topological polar surface area (TPSA) is 68.2 Å². The van der Waals surface area contributed by atoms with Crippen molar-refractivity contribution in [1.29, 1.82) is 0 Å². The van der Waals surface area contributed by atoms with Crippen LogP contribution in [0.4, 0.5) is 0 Å². The minimum Gasteiger partial charge on any atom is -0.497 e. The summed E-state index contributed by atoms with van der Waals surface area (Å²) in [6.45, 7) is 1.34. The normalized spacial score (nSPS) is 15.4. The molecule has 0 saturated carbocycles. The maximum Gasteiger partial charge on any atom is 0.308 e. The van der Waals surface area contributed by atoms with Crippen LogP contribution in [0.25, 0.3) is 6.08 Å². The number of methoxy groups -OCH3 is 1. The van der Waals surface area contributed by atoms with Gasteiger partial charge in [0.25, 0.3) is 5.91 Å². The fourth-order valence-electron chi connectivity index (χ4n) is 3.73. The summed E-state index contributed by atoms with van der Waals surface area (Å²) in [6.07, 6.45) is 3.78. The molecule has 4 rings (SSSR count). The molecule has 33 heavy (non-hydrogen) atoms. The molecule has 0 radical (unpaired) electrons. The molecule has 0 bridgehead atoms. The zero-order chi connectivity index (χ0) is 23.2. The minimum absolute atomic E-state index is 0.231. The van der Waals surface area contributed by atoms with Gasteiger partial charge in [0, 0.05) is 31.1 Å². The second kappa shape index (κ2) is 9.96. The second-order valence-corrected chi connectivity index (χ2v) is 7.56. The highest BCUT2D eigenvalue weighted by molar-refractivity contribution is 6.06. The molecular weight excluding hydrogens is 416 g/mol. The SMILES string of the molecule is COc1ccc(C2=NN(C(=O)/C=C/c3ccccc3)[C@@H](c3ccccc3)C2)c(OC(C)=O)c1. The Morgan fingerprint density at radius 3 is 2.36 bits per heavy atom. The molecular formula is C27H24N2O4. The largest absolute Gasteiger partial charge is 0.497 e. The molecule has 6 nitrogen and oxygen atoms in total. The summed E-state index contributed by atoms with van der Waals surface area (Å²) in [5.41, 5.74) is 3.21. The number of ether oxygens (including phenoxy) is 2. The summed E-state index contributed by atoms with van der Waals surface area (Å²) >= 11 is 0. The van der Waals surface area contributed by atoms with E-state index in [1.165, 1.54) is 18.0 Å². The van der Waals surface area contributed by atoms with Crippen molar-refractivity contribution < 1.29 is 19.1 Å². The van der Waals surface area contributed by atoms with E-state index in [4.69, 9.17) is 9.47 Å². The monoisotopic (exact) mass is 440 g/mol. The average Bonchev–Trinajstić information content (AvgIpc) is 3.28. The van der Waals surface area contributed by atoms with Gasteiger partial charge in [0.05, 0.1) is 18.9 Å². The van der Waals surface area contributed by atoms with Crippen molar-refractivity contribution in [1.82, 2.24) is 5.01 Å². The van der Waals surface area contributed by atoms with Crippen LogP contribution in [0.1, 0.15) is 36.1 Å². The highest BCUT2D eigenvalue weighted by atomic mass is 16.5. The third-order valence-corrected chi connectivity index (χ3v) is 5.29. The van der Waals surface area contributed by atoms with E-state index in [9.17, 15) is 9.59 Å². The lowest BCUT2D eigenvalue weighted by Crippen LogP contribution is -2.25. The summed E-state index contributed by atoms with van der Waals surface area (Å²) in [5, 5.41) is 6.16. The van der Waals surface area contributed by atoms with Crippen molar-refractivity contribution in [2.75, 3.05) is 7.11 Å². The van der Waals surface area contributed by atoms with E-state index in [1.54, 1.807) is 31.4 Å². The van der Waals surface area contributed by atoms with Crippen molar-refractivity contribution >= 4 is 23.7 Å². The molecule has 0 aliphatic carbocycles. The molecule has 166 valence electrons. The van der Waals surface area contributed by atoms with Crippen LogP contribution in [0.5, 0.6) is 11.5 Å². The number of carbonyl (C=O) groups is 2. The Morgan fingerprint density at radius 2 is 1.70 bits per heavy atom. The zero-order valence-corrected chi connectivity index (χ0v) is 18.5. The van der Waals surface area contributed by atoms with Crippen LogP contribution in [0.2, 0.25) is 0 Å². The van der Waals surface area contributed by atoms with Crippen LogP contribution < -0.4 is 9.47 Å². The standard InChI is InChI=1S/C27H24N2O4/c1-19(30)33-26-17-22(32-2)14-15-23(26)24-18-25(21-11-7-4-8-12-21)29(28-24)27(31)16-13-20-9-5-3-6-10-20/h3-17,25H,18H2,1-2H3/b16-13+/t25-/m1/s1. The lowest BCUT2D eigenvalue weighted by molar-refractivity contribution is -0.132. The Balaban J connectivity index is 1.70. The average molecular weight is 440 g/mol. The van der Waals surface area contributed by atoms with Crippen LogP contribution >= 0.6 is 0 Å². The summed E-state index contributed by atoms with van der Waals surface area (Å²) < 4.78 is 10.7. The summed E-state index contributed by atoms with van der Waals surface area (Å²) in [7, 11) is 1.55. The van der Waals surface area contributed by atoms with Crippen molar-refractivity contribution in [3.63, 3.8) is 0 Å². The van der Waals surface area contributed by atoms with Crippen LogP contribution in [0, 0.1) is 0 Å². The van der Waals surface area contributed by atoms with Gasteiger partial charge < -0.3 is 9.47 Å². The van der Waals surface area contributed by atoms with E-state index in [1.807, 2.05) is 60.7 Å². The number of nitrogens with zero attached hydrogens (tertiary/aromatic N) is 2. The third kappa shape index (κ3) is 5.18. The first-order valence-electron chi connectivity index (χ1n) is 10.6. The van der Waals surface area contributed by atoms with Crippen LogP contribution in [0.3, 0.4) is 0 Å². The number of esters is 1. The highest BCUT2D eigenvalue weighted by Crippen LogP contribution is 2.36. The van der Waals surface area contributed by atoms with Gasteiger partial charge in [-0.3, -0.25) is 9.59 Å². The minimum atomic E-state index is -0.443. The molecule has 1 aliphatic heterocycles. The third-order valence-electron chi connectivity index (χ3n) is 5.29. The predicted octanol–water partition coefficient (Wildman–Crippen LogP) is 5.01. The van der Waals surface area contributed by atoms with Crippen LogP contribution in [0.15, 0.2) is 90.0 Å². The number of hydrogen-bond acceptors (Lipinski definition) is 5. The van der Waals surface area contributed by atoms with Crippen molar-refractivity contribution in [3.05, 3.63) is 102 Å². The number of rotatable bonds is 6. The Labute approximate surface area is 192 Å². The molecule has 6 heteroatoms. The number of hydrazone groups is 1. The van der Waals surface area contributed by atoms with Gasteiger partial charge in [0.2, 0.25) is 0 Å². The first kappa shape index (κ1) is 22.0. The second-order valence-electron chi connectivity index (χ2n) is 7.56. The van der Waals surface area contributed by atoms with Gasteiger partial charge in [-0.15, -0.1) is 0 Å². The Morgan fingerprint density at radius 1 is 1.00 bits per heavy atom.